The van der Waals surface area contributed by atoms with Crippen LogP contribution in [0.3, 0.4) is 0 Å². The molecule has 0 bridgehead atoms. The van der Waals surface area contributed by atoms with Gasteiger partial charge in [0.2, 0.25) is 5.62 Å². The second-order valence-corrected chi connectivity index (χ2v) is 11.0. The number of imidazole rings is 1. The van der Waals surface area contributed by atoms with Crippen LogP contribution in [0.15, 0.2) is 66.1 Å². The molecule has 1 aliphatic rings. The highest BCUT2D eigenvalue weighted by Crippen LogP contribution is 2.16. The Labute approximate surface area is 253 Å². The lowest BCUT2D eigenvalue weighted by atomic mass is 10.0. The van der Waals surface area contributed by atoms with Gasteiger partial charge in [-0.25, -0.2) is 0 Å². The van der Waals surface area contributed by atoms with Gasteiger partial charge in [-0.3, -0.25) is 15.8 Å². The summed E-state index contributed by atoms with van der Waals surface area (Å²) in [6.45, 7) is 12.9. The summed E-state index contributed by atoms with van der Waals surface area (Å²) in [7, 11) is 0. The molecule has 0 saturated carbocycles. The molecule has 0 radical (unpaired) electrons. The average Bonchev–Trinajstić information content (AvgIpc) is 3.38. The molecule has 1 aromatic heterocycles. The molecule has 1 aromatic carbocycles. The number of allylic oxidation sites excluding steroid dienone is 1. The first-order valence-corrected chi connectivity index (χ1v) is 16.0. The highest BCUT2D eigenvalue weighted by molar-refractivity contribution is 5.99. The van der Waals surface area contributed by atoms with Gasteiger partial charge in [-0.1, -0.05) is 51.2 Å². The predicted molar refractivity (Wildman–Crippen MR) is 174 cm³/mol. The third-order valence-corrected chi connectivity index (χ3v) is 7.90. The van der Waals surface area contributed by atoms with Gasteiger partial charge in [-0.2, -0.15) is 0 Å². The lowest BCUT2D eigenvalue weighted by Crippen LogP contribution is -2.30. The number of rotatable bonds is 20. The summed E-state index contributed by atoms with van der Waals surface area (Å²) >= 11 is 0. The zero-order chi connectivity index (χ0) is 30.0. The normalized spacial score (nSPS) is 13.4. The summed E-state index contributed by atoms with van der Waals surface area (Å²) in [5.74, 6) is 2.44. The molecule has 2 heterocycles. The molecule has 0 unspecified atom stereocenters. The van der Waals surface area contributed by atoms with Gasteiger partial charge in [-0.15, -0.1) is 0 Å². The fraction of sp³-hybridized carbons (Fsp3) is 0.559. The number of aryl methyl sites for hydroxylation is 2. The van der Waals surface area contributed by atoms with Gasteiger partial charge in [0.15, 0.2) is 0 Å². The maximum Gasteiger partial charge on any atom is 0.202 e. The van der Waals surface area contributed by atoms with Crippen molar-refractivity contribution in [3.63, 3.8) is 0 Å². The van der Waals surface area contributed by atoms with Crippen LogP contribution >= 0.6 is 0 Å². The van der Waals surface area contributed by atoms with Gasteiger partial charge >= 0.3 is 0 Å². The van der Waals surface area contributed by atoms with Crippen LogP contribution in [0, 0.1) is 10.8 Å². The number of likely N-dealkylation sites (N-methyl/N-ethyl adjacent to an activating group) is 1. The highest BCUT2D eigenvalue weighted by Gasteiger charge is 2.10. The molecule has 0 aliphatic carbocycles. The Morgan fingerprint density at radius 3 is 2.24 bits per heavy atom. The van der Waals surface area contributed by atoms with E-state index in [-0.39, 0.29) is 0 Å². The number of ether oxygens (including phenoxy) is 1. The highest BCUT2D eigenvalue weighted by atomic mass is 16.5. The molecule has 1 aliphatic heterocycles. The maximum atomic E-state index is 8.52. The fourth-order valence-corrected chi connectivity index (χ4v) is 5.31. The largest absolute Gasteiger partial charge is 0.494 e. The standard InChI is InChI=1S/C34H53N7O/c1-4-29(32(35)39(5-2)6-3)17-13-11-9-7-8-10-12-14-24-40-26-27-41(34(40)36)25-16-28-42-31-20-18-30(19-21-31)33-37-22-15-23-38-33/h4-5,18-21,26-27,35-36H,2,6-17,22-25,28H2,1,3H3,(H,37,38)/b29-4-,35-32?,36-34?. The zero-order valence-corrected chi connectivity index (χ0v) is 26.0. The van der Waals surface area contributed by atoms with Crippen LogP contribution < -0.4 is 15.7 Å². The van der Waals surface area contributed by atoms with Crippen LogP contribution in [0.5, 0.6) is 5.75 Å². The van der Waals surface area contributed by atoms with E-state index < -0.39 is 0 Å². The van der Waals surface area contributed by atoms with Crippen LogP contribution in [-0.4, -0.2) is 51.9 Å². The molecule has 0 amide bonds. The van der Waals surface area contributed by atoms with Crippen molar-refractivity contribution >= 4 is 11.7 Å². The van der Waals surface area contributed by atoms with Crippen molar-refractivity contribution in [1.82, 2.24) is 19.4 Å². The van der Waals surface area contributed by atoms with Gasteiger partial charge in [0.1, 0.15) is 17.4 Å². The van der Waals surface area contributed by atoms with E-state index in [0.29, 0.717) is 18.1 Å². The quantitative estimate of drug-likeness (QED) is 0.0913. The second kappa shape index (κ2) is 18.8. The van der Waals surface area contributed by atoms with Crippen LogP contribution in [0.25, 0.3) is 0 Å². The summed E-state index contributed by atoms with van der Waals surface area (Å²) in [6, 6.07) is 8.14. The van der Waals surface area contributed by atoms with Crippen LogP contribution in [-0.2, 0) is 13.1 Å². The van der Waals surface area contributed by atoms with E-state index in [1.165, 1.54) is 38.5 Å². The summed E-state index contributed by atoms with van der Waals surface area (Å²) in [4.78, 5) is 6.44. The lowest BCUT2D eigenvalue weighted by Gasteiger charge is -2.20. The van der Waals surface area contributed by atoms with Gasteiger partial charge in [-0.05, 0) is 82.0 Å². The molecule has 0 saturated heterocycles. The van der Waals surface area contributed by atoms with E-state index in [2.05, 4.69) is 46.6 Å². The first-order valence-electron chi connectivity index (χ1n) is 16.0. The van der Waals surface area contributed by atoms with Crippen molar-refractivity contribution in [3.05, 3.63) is 72.3 Å². The molecule has 3 N–H and O–H groups in total. The number of unbranched alkanes of at least 4 members (excludes halogenated alkanes) is 7. The number of aliphatic imine (C=N–C) groups is 1. The number of amidine groups is 2. The molecular weight excluding hydrogens is 522 g/mol. The zero-order valence-electron chi connectivity index (χ0n) is 26.0. The molecule has 0 spiro atoms. The summed E-state index contributed by atoms with van der Waals surface area (Å²) in [5.41, 5.74) is 2.80. The van der Waals surface area contributed by atoms with Crippen LogP contribution in [0.1, 0.15) is 90.0 Å². The van der Waals surface area contributed by atoms with E-state index in [1.54, 1.807) is 6.20 Å². The first kappa shape index (κ1) is 33.0. The lowest BCUT2D eigenvalue weighted by molar-refractivity contribution is 0.300. The van der Waals surface area contributed by atoms with E-state index in [0.717, 1.165) is 87.5 Å². The third-order valence-electron chi connectivity index (χ3n) is 7.90. The minimum absolute atomic E-state index is 0.573. The maximum absolute atomic E-state index is 8.52. The van der Waals surface area contributed by atoms with Crippen molar-refractivity contribution in [2.24, 2.45) is 4.99 Å². The van der Waals surface area contributed by atoms with Crippen molar-refractivity contribution in [2.75, 3.05) is 26.2 Å². The topological polar surface area (TPSA) is 94.4 Å². The minimum Gasteiger partial charge on any atom is -0.494 e. The number of nitrogens with one attached hydrogen (secondary N) is 3. The smallest absolute Gasteiger partial charge is 0.202 e. The van der Waals surface area contributed by atoms with E-state index >= 15 is 0 Å². The van der Waals surface area contributed by atoms with E-state index in [9.17, 15) is 0 Å². The Hall–Kier alpha value is -3.55. The first-order chi connectivity index (χ1) is 20.6. The molecule has 0 atom stereocenters. The van der Waals surface area contributed by atoms with Gasteiger partial charge in [0, 0.05) is 50.7 Å². The van der Waals surface area contributed by atoms with Crippen molar-refractivity contribution in [2.45, 2.75) is 97.6 Å². The van der Waals surface area contributed by atoms with Crippen molar-refractivity contribution in [3.8, 4) is 5.75 Å². The Bertz CT molecular complexity index is 1210. The Kier molecular flexibility index (Phi) is 14.7. The third kappa shape index (κ3) is 10.7. The summed E-state index contributed by atoms with van der Waals surface area (Å²) in [6.07, 6.45) is 20.6. The second-order valence-electron chi connectivity index (χ2n) is 11.0. The molecule has 42 heavy (non-hydrogen) atoms. The number of hydrogen-bond acceptors (Lipinski definition) is 5. The Morgan fingerprint density at radius 1 is 1.00 bits per heavy atom. The Morgan fingerprint density at radius 2 is 1.64 bits per heavy atom. The van der Waals surface area contributed by atoms with Crippen molar-refractivity contribution < 1.29 is 4.74 Å². The summed E-state index contributed by atoms with van der Waals surface area (Å²) < 4.78 is 10.0. The molecule has 8 heteroatoms. The molecule has 2 aromatic rings. The van der Waals surface area contributed by atoms with Crippen LogP contribution in [0.4, 0.5) is 0 Å². The molecule has 3 rings (SSSR count). The fourth-order valence-electron chi connectivity index (χ4n) is 5.31. The monoisotopic (exact) mass is 575 g/mol. The SMILES string of the molecule is C=CN(CC)C(=N)/C(=C\C)CCCCCCCCCCn1ccn(CCCOc2ccc(C3=NCCCN3)cc2)c1=N. The molecule has 8 nitrogen and oxygen atoms in total. The average molecular weight is 576 g/mol. The number of hydrogen-bond donors (Lipinski definition) is 3. The molecule has 0 fully saturated rings. The van der Waals surface area contributed by atoms with E-state index in [4.69, 9.17) is 15.6 Å². The Balaban J connectivity index is 1.22. The number of benzene rings is 1. The van der Waals surface area contributed by atoms with E-state index in [1.807, 2.05) is 40.9 Å². The number of nitrogens with zero attached hydrogens (tertiary/aromatic N) is 4. The minimum atomic E-state index is 0.573. The van der Waals surface area contributed by atoms with Crippen LogP contribution in [0.2, 0.25) is 0 Å². The summed E-state index contributed by atoms with van der Waals surface area (Å²) in [5, 5.41) is 20.2. The van der Waals surface area contributed by atoms with Crippen molar-refractivity contribution in [1.29, 1.82) is 10.8 Å². The van der Waals surface area contributed by atoms with Gasteiger partial charge in [0.25, 0.3) is 0 Å². The van der Waals surface area contributed by atoms with Gasteiger partial charge < -0.3 is 24.1 Å². The molecular formula is C34H53N7O. The van der Waals surface area contributed by atoms with Gasteiger partial charge in [0.05, 0.1) is 6.61 Å². The predicted octanol–water partition coefficient (Wildman–Crippen LogP) is 6.88. The number of aromatic nitrogens is 2. The molecule has 230 valence electrons.